The van der Waals surface area contributed by atoms with Crippen molar-refractivity contribution in [3.05, 3.63) is 66.0 Å². The molecule has 2 heterocycles. The number of hydrogen-bond acceptors (Lipinski definition) is 7. The van der Waals surface area contributed by atoms with E-state index in [1.807, 2.05) is 50.2 Å². The average Bonchev–Trinajstić information content (AvgIpc) is 3.14. The van der Waals surface area contributed by atoms with E-state index in [0.29, 0.717) is 29.4 Å². The number of carbonyl (C=O) groups excluding carboxylic acids is 1. The fraction of sp³-hybridized carbons (Fsp3) is 0.217. The van der Waals surface area contributed by atoms with Crippen molar-refractivity contribution in [3.8, 4) is 0 Å². The van der Waals surface area contributed by atoms with Crippen LogP contribution in [0.25, 0.3) is 10.9 Å². The molecule has 1 unspecified atom stereocenters. The molecule has 0 bridgehead atoms. The zero-order chi connectivity index (χ0) is 21.8. The predicted octanol–water partition coefficient (Wildman–Crippen LogP) is 4.76. The Morgan fingerprint density at radius 2 is 2.00 bits per heavy atom. The summed E-state index contributed by atoms with van der Waals surface area (Å²) in [6.45, 7) is 3.83. The van der Waals surface area contributed by atoms with E-state index in [2.05, 4.69) is 30.8 Å². The van der Waals surface area contributed by atoms with Gasteiger partial charge in [-0.3, -0.25) is 9.89 Å². The number of H-pyrrole nitrogens is 1. The van der Waals surface area contributed by atoms with E-state index in [1.165, 1.54) is 0 Å². The minimum atomic E-state index is -0.152. The quantitative estimate of drug-likeness (QED) is 0.356. The van der Waals surface area contributed by atoms with Gasteiger partial charge in [-0.2, -0.15) is 10.1 Å². The van der Waals surface area contributed by atoms with Crippen LogP contribution in [0.3, 0.4) is 0 Å². The molecule has 0 aliphatic heterocycles. The Morgan fingerprint density at radius 1 is 1.16 bits per heavy atom. The van der Waals surface area contributed by atoms with Gasteiger partial charge in [0, 0.05) is 36.4 Å². The standard InChI is InChI=1S/C23H24N6O2/c1-14(31-3)12-21(30)18-6-4-5-7-19(18)26-23-24-11-10-22(27-23)25-16-8-9-17-15(2)28-29-20(17)13-16/h4-11,13-14H,12H2,1-3H3,(H,28,29)(H2,24,25,26,27). The first-order chi connectivity index (χ1) is 15.0. The maximum Gasteiger partial charge on any atom is 0.229 e. The third-order valence-corrected chi connectivity index (χ3v) is 5.03. The van der Waals surface area contributed by atoms with E-state index in [1.54, 1.807) is 25.4 Å². The van der Waals surface area contributed by atoms with Crippen molar-refractivity contribution in [2.45, 2.75) is 26.4 Å². The molecule has 31 heavy (non-hydrogen) atoms. The van der Waals surface area contributed by atoms with Crippen LogP contribution in [0, 0.1) is 6.92 Å². The summed E-state index contributed by atoms with van der Waals surface area (Å²) >= 11 is 0. The molecule has 2 aromatic carbocycles. The molecule has 0 fully saturated rings. The molecule has 0 aliphatic carbocycles. The van der Waals surface area contributed by atoms with Gasteiger partial charge in [0.2, 0.25) is 5.95 Å². The summed E-state index contributed by atoms with van der Waals surface area (Å²) in [5, 5.41) is 14.8. The summed E-state index contributed by atoms with van der Waals surface area (Å²) in [6.07, 6.45) is 1.81. The van der Waals surface area contributed by atoms with Crippen LogP contribution in [0.15, 0.2) is 54.7 Å². The van der Waals surface area contributed by atoms with Crippen molar-refractivity contribution in [2.24, 2.45) is 0 Å². The third kappa shape index (κ3) is 4.70. The monoisotopic (exact) mass is 416 g/mol. The number of ketones is 1. The third-order valence-electron chi connectivity index (χ3n) is 5.03. The summed E-state index contributed by atoms with van der Waals surface area (Å²) in [5.74, 6) is 1.02. The summed E-state index contributed by atoms with van der Waals surface area (Å²) in [7, 11) is 1.60. The highest BCUT2D eigenvalue weighted by Crippen LogP contribution is 2.24. The fourth-order valence-electron chi connectivity index (χ4n) is 3.28. The molecule has 0 spiro atoms. The Balaban J connectivity index is 1.53. The van der Waals surface area contributed by atoms with Gasteiger partial charge in [0.15, 0.2) is 5.78 Å². The highest BCUT2D eigenvalue weighted by molar-refractivity contribution is 6.01. The summed E-state index contributed by atoms with van der Waals surface area (Å²) in [5.41, 5.74) is 4.02. The van der Waals surface area contributed by atoms with Crippen LogP contribution in [-0.4, -0.2) is 39.2 Å². The normalized spacial score (nSPS) is 12.0. The zero-order valence-corrected chi connectivity index (χ0v) is 17.6. The molecule has 0 radical (unpaired) electrons. The number of benzene rings is 2. The number of rotatable bonds is 8. The SMILES string of the molecule is COC(C)CC(=O)c1ccccc1Nc1nccc(Nc2ccc3c(C)n[nH]c3c2)n1. The number of methoxy groups -OCH3 is 1. The molecular weight excluding hydrogens is 392 g/mol. The minimum Gasteiger partial charge on any atom is -0.381 e. The van der Waals surface area contributed by atoms with E-state index in [9.17, 15) is 4.79 Å². The molecule has 0 aliphatic rings. The second-order valence-electron chi connectivity index (χ2n) is 7.30. The lowest BCUT2D eigenvalue weighted by Crippen LogP contribution is -2.14. The number of ether oxygens (including phenoxy) is 1. The molecule has 4 aromatic rings. The van der Waals surface area contributed by atoms with E-state index in [-0.39, 0.29) is 11.9 Å². The van der Waals surface area contributed by atoms with Crippen molar-refractivity contribution in [3.63, 3.8) is 0 Å². The van der Waals surface area contributed by atoms with Crippen LogP contribution < -0.4 is 10.6 Å². The van der Waals surface area contributed by atoms with Crippen LogP contribution in [-0.2, 0) is 4.74 Å². The number of hydrogen-bond donors (Lipinski definition) is 3. The van der Waals surface area contributed by atoms with E-state index in [4.69, 9.17) is 4.74 Å². The molecule has 0 saturated carbocycles. The Hall–Kier alpha value is -3.78. The number of anilines is 4. The van der Waals surface area contributed by atoms with Crippen molar-refractivity contribution in [1.82, 2.24) is 20.2 Å². The lowest BCUT2D eigenvalue weighted by atomic mass is 10.0. The van der Waals surface area contributed by atoms with Crippen LogP contribution in [0.5, 0.6) is 0 Å². The fourth-order valence-corrected chi connectivity index (χ4v) is 3.28. The van der Waals surface area contributed by atoms with Gasteiger partial charge < -0.3 is 15.4 Å². The van der Waals surface area contributed by atoms with Gasteiger partial charge in [0.25, 0.3) is 0 Å². The van der Waals surface area contributed by atoms with Crippen molar-refractivity contribution < 1.29 is 9.53 Å². The van der Waals surface area contributed by atoms with Gasteiger partial charge in [-0.15, -0.1) is 0 Å². The number of aromatic nitrogens is 4. The molecule has 1 atom stereocenters. The van der Waals surface area contributed by atoms with Gasteiger partial charge in [-0.25, -0.2) is 4.98 Å². The maximum absolute atomic E-state index is 12.7. The highest BCUT2D eigenvalue weighted by Gasteiger charge is 2.15. The Bertz CT molecular complexity index is 1220. The molecule has 3 N–H and O–H groups in total. The zero-order valence-electron chi connectivity index (χ0n) is 17.6. The topological polar surface area (TPSA) is 105 Å². The predicted molar refractivity (Wildman–Crippen MR) is 121 cm³/mol. The van der Waals surface area contributed by atoms with Crippen molar-refractivity contribution in [1.29, 1.82) is 0 Å². The smallest absolute Gasteiger partial charge is 0.229 e. The van der Waals surface area contributed by atoms with Gasteiger partial charge in [0.05, 0.1) is 23.0 Å². The van der Waals surface area contributed by atoms with Gasteiger partial charge >= 0.3 is 0 Å². The van der Waals surface area contributed by atoms with Crippen LogP contribution in [0.2, 0.25) is 0 Å². The molecule has 158 valence electrons. The van der Waals surface area contributed by atoms with E-state index in [0.717, 1.165) is 22.3 Å². The van der Waals surface area contributed by atoms with Crippen LogP contribution in [0.4, 0.5) is 23.1 Å². The lowest BCUT2D eigenvalue weighted by molar-refractivity contribution is 0.0792. The van der Waals surface area contributed by atoms with Crippen molar-refractivity contribution >= 4 is 39.8 Å². The summed E-state index contributed by atoms with van der Waals surface area (Å²) in [6, 6.07) is 15.1. The Labute approximate surface area is 180 Å². The first-order valence-corrected chi connectivity index (χ1v) is 10.0. The Kier molecular flexibility index (Phi) is 5.90. The van der Waals surface area contributed by atoms with E-state index < -0.39 is 0 Å². The second kappa shape index (κ2) is 8.93. The average molecular weight is 416 g/mol. The highest BCUT2D eigenvalue weighted by atomic mass is 16.5. The number of Topliss-reactive ketones (excluding diaryl/α,β-unsaturated/α-hetero) is 1. The molecule has 2 aromatic heterocycles. The largest absolute Gasteiger partial charge is 0.381 e. The van der Waals surface area contributed by atoms with Crippen molar-refractivity contribution in [2.75, 3.05) is 17.7 Å². The summed E-state index contributed by atoms with van der Waals surface area (Å²) < 4.78 is 5.22. The van der Waals surface area contributed by atoms with Gasteiger partial charge in [-0.05, 0) is 50.2 Å². The number of nitrogens with zero attached hydrogens (tertiary/aromatic N) is 3. The molecular formula is C23H24N6O2. The molecule has 0 amide bonds. The van der Waals surface area contributed by atoms with Gasteiger partial charge in [-0.1, -0.05) is 12.1 Å². The van der Waals surface area contributed by atoms with Gasteiger partial charge in [0.1, 0.15) is 5.82 Å². The first-order valence-electron chi connectivity index (χ1n) is 10.0. The number of carbonyl (C=O) groups is 1. The molecule has 8 nitrogen and oxygen atoms in total. The minimum absolute atomic E-state index is 0.00474. The second-order valence-corrected chi connectivity index (χ2v) is 7.30. The Morgan fingerprint density at radius 3 is 2.84 bits per heavy atom. The molecule has 0 saturated heterocycles. The van der Waals surface area contributed by atoms with Crippen LogP contribution >= 0.6 is 0 Å². The van der Waals surface area contributed by atoms with E-state index >= 15 is 0 Å². The summed E-state index contributed by atoms with van der Waals surface area (Å²) in [4.78, 5) is 21.5. The number of aromatic amines is 1. The number of fused-ring (bicyclic) bond motifs is 1. The number of para-hydroxylation sites is 1. The lowest BCUT2D eigenvalue weighted by Gasteiger charge is -2.13. The molecule has 4 rings (SSSR count). The number of nitrogens with one attached hydrogen (secondary N) is 3. The first kappa shape index (κ1) is 20.5. The molecule has 8 heteroatoms. The number of aryl methyl sites for hydroxylation is 1. The maximum atomic E-state index is 12.7. The van der Waals surface area contributed by atoms with Crippen LogP contribution in [0.1, 0.15) is 29.4 Å².